The van der Waals surface area contributed by atoms with Crippen molar-refractivity contribution in [3.05, 3.63) is 29.8 Å². The fraction of sp³-hybridized carbons (Fsp3) is 0.333. The number of nitrogens with one attached hydrogen (secondary N) is 1. The Morgan fingerprint density at radius 3 is 2.70 bits per heavy atom. The number of aromatic nitrogens is 4. The SMILES string of the molecule is CCn1cc(NC(=O)c2cnn(CC(=O)O)c2)c(C)n1. The van der Waals surface area contributed by atoms with Crippen molar-refractivity contribution in [3.63, 3.8) is 0 Å². The summed E-state index contributed by atoms with van der Waals surface area (Å²) in [6, 6.07) is 0. The fourth-order valence-electron chi connectivity index (χ4n) is 1.70. The molecule has 20 heavy (non-hydrogen) atoms. The number of anilines is 1. The van der Waals surface area contributed by atoms with E-state index in [4.69, 9.17) is 5.11 Å². The van der Waals surface area contributed by atoms with E-state index in [1.165, 1.54) is 17.1 Å². The third-order valence-electron chi connectivity index (χ3n) is 2.71. The Morgan fingerprint density at radius 1 is 1.35 bits per heavy atom. The van der Waals surface area contributed by atoms with Gasteiger partial charge in [-0.3, -0.25) is 19.0 Å². The van der Waals surface area contributed by atoms with Crippen LogP contribution in [0.4, 0.5) is 5.69 Å². The standard InChI is InChI=1S/C12H15N5O3/c1-3-16-6-10(8(2)15-16)14-12(20)9-4-13-17(5-9)7-11(18)19/h4-6H,3,7H2,1-2H3,(H,14,20)(H,18,19). The van der Waals surface area contributed by atoms with Gasteiger partial charge in [-0.1, -0.05) is 0 Å². The molecule has 0 aliphatic carbocycles. The van der Waals surface area contributed by atoms with Gasteiger partial charge in [0.25, 0.3) is 5.91 Å². The van der Waals surface area contributed by atoms with Crippen molar-refractivity contribution in [2.75, 3.05) is 5.32 Å². The molecule has 8 nitrogen and oxygen atoms in total. The van der Waals surface area contributed by atoms with Gasteiger partial charge in [-0.15, -0.1) is 0 Å². The maximum absolute atomic E-state index is 12.0. The number of rotatable bonds is 5. The first kappa shape index (κ1) is 13.8. The summed E-state index contributed by atoms with van der Waals surface area (Å²) in [6.45, 7) is 4.19. The lowest BCUT2D eigenvalue weighted by atomic mass is 10.3. The molecule has 2 aromatic heterocycles. The molecule has 0 unspecified atom stereocenters. The summed E-state index contributed by atoms with van der Waals surface area (Å²) in [5.41, 5.74) is 1.65. The second-order valence-corrected chi connectivity index (χ2v) is 4.26. The van der Waals surface area contributed by atoms with Crippen LogP contribution in [0.3, 0.4) is 0 Å². The van der Waals surface area contributed by atoms with Crippen LogP contribution in [-0.4, -0.2) is 36.5 Å². The van der Waals surface area contributed by atoms with Crippen LogP contribution in [0.1, 0.15) is 23.0 Å². The molecule has 0 radical (unpaired) electrons. The van der Waals surface area contributed by atoms with E-state index in [2.05, 4.69) is 15.5 Å². The Bertz CT molecular complexity index is 643. The maximum Gasteiger partial charge on any atom is 0.325 e. The van der Waals surface area contributed by atoms with Gasteiger partial charge in [-0.2, -0.15) is 10.2 Å². The number of carbonyl (C=O) groups is 2. The highest BCUT2D eigenvalue weighted by Gasteiger charge is 2.13. The van der Waals surface area contributed by atoms with Crippen LogP contribution in [0.2, 0.25) is 0 Å². The van der Waals surface area contributed by atoms with Gasteiger partial charge in [0.1, 0.15) is 6.54 Å². The number of aliphatic carboxylic acids is 1. The maximum atomic E-state index is 12.0. The molecule has 2 heterocycles. The lowest BCUT2D eigenvalue weighted by molar-refractivity contribution is -0.137. The largest absolute Gasteiger partial charge is 0.480 e. The summed E-state index contributed by atoms with van der Waals surface area (Å²) in [6.07, 6.45) is 4.47. The minimum atomic E-state index is -1.01. The van der Waals surface area contributed by atoms with Crippen LogP contribution in [0, 0.1) is 6.92 Å². The molecule has 0 aliphatic rings. The van der Waals surface area contributed by atoms with Crippen molar-refractivity contribution in [2.24, 2.45) is 0 Å². The Kier molecular flexibility index (Phi) is 3.83. The summed E-state index contributed by atoms with van der Waals surface area (Å²) in [5, 5.41) is 19.4. The third kappa shape index (κ3) is 3.02. The van der Waals surface area contributed by atoms with E-state index in [1.807, 2.05) is 6.92 Å². The number of nitrogens with zero attached hydrogens (tertiary/aromatic N) is 4. The van der Waals surface area contributed by atoms with Crippen LogP contribution in [0.15, 0.2) is 18.6 Å². The van der Waals surface area contributed by atoms with Gasteiger partial charge >= 0.3 is 5.97 Å². The Morgan fingerprint density at radius 2 is 2.10 bits per heavy atom. The Balaban J connectivity index is 2.09. The topological polar surface area (TPSA) is 102 Å². The summed E-state index contributed by atoms with van der Waals surface area (Å²) >= 11 is 0. The monoisotopic (exact) mass is 277 g/mol. The number of amides is 1. The normalized spacial score (nSPS) is 10.5. The third-order valence-corrected chi connectivity index (χ3v) is 2.71. The molecular weight excluding hydrogens is 262 g/mol. The van der Waals surface area contributed by atoms with Gasteiger partial charge in [0.05, 0.1) is 23.1 Å². The highest BCUT2D eigenvalue weighted by Crippen LogP contribution is 2.13. The molecule has 0 aliphatic heterocycles. The molecule has 106 valence electrons. The van der Waals surface area contributed by atoms with Crippen LogP contribution in [0.5, 0.6) is 0 Å². The molecule has 0 fully saturated rings. The van der Waals surface area contributed by atoms with Crippen LogP contribution in [-0.2, 0) is 17.9 Å². The molecular formula is C12H15N5O3. The molecule has 2 rings (SSSR count). The summed E-state index contributed by atoms with van der Waals surface area (Å²) < 4.78 is 2.92. The average Bonchev–Trinajstić information content (AvgIpc) is 2.96. The number of hydrogen-bond acceptors (Lipinski definition) is 4. The number of carboxylic acid groups (broad SMARTS) is 1. The minimum Gasteiger partial charge on any atom is -0.480 e. The van der Waals surface area contributed by atoms with Crippen molar-refractivity contribution < 1.29 is 14.7 Å². The molecule has 2 aromatic rings. The number of carbonyl (C=O) groups excluding carboxylic acids is 1. The molecule has 0 bridgehead atoms. The first-order valence-electron chi connectivity index (χ1n) is 6.09. The number of carboxylic acids is 1. The van der Waals surface area contributed by atoms with E-state index >= 15 is 0 Å². The highest BCUT2D eigenvalue weighted by molar-refractivity contribution is 6.04. The van der Waals surface area contributed by atoms with Gasteiger partial charge in [0, 0.05) is 18.9 Å². The fourth-order valence-corrected chi connectivity index (χ4v) is 1.70. The van der Waals surface area contributed by atoms with Crippen LogP contribution in [0.25, 0.3) is 0 Å². The predicted molar refractivity (Wildman–Crippen MR) is 70.5 cm³/mol. The Labute approximate surface area is 115 Å². The first-order chi connectivity index (χ1) is 9.49. The Hall–Kier alpha value is -2.64. The van der Waals surface area contributed by atoms with Gasteiger partial charge in [0.2, 0.25) is 0 Å². The quantitative estimate of drug-likeness (QED) is 0.839. The molecule has 1 amide bonds. The van der Waals surface area contributed by atoms with E-state index in [1.54, 1.807) is 17.8 Å². The van der Waals surface area contributed by atoms with E-state index in [-0.39, 0.29) is 12.5 Å². The van der Waals surface area contributed by atoms with Gasteiger partial charge in [0.15, 0.2) is 0 Å². The van der Waals surface area contributed by atoms with Gasteiger partial charge in [-0.25, -0.2) is 0 Å². The second-order valence-electron chi connectivity index (χ2n) is 4.26. The lowest BCUT2D eigenvalue weighted by Crippen LogP contribution is -2.12. The second kappa shape index (κ2) is 5.55. The number of aryl methyl sites for hydroxylation is 2. The van der Waals surface area contributed by atoms with E-state index < -0.39 is 5.97 Å². The minimum absolute atomic E-state index is 0.278. The molecule has 0 spiro atoms. The lowest BCUT2D eigenvalue weighted by Gasteiger charge is -2.00. The van der Waals surface area contributed by atoms with Crippen molar-refractivity contribution in [3.8, 4) is 0 Å². The molecule has 0 aromatic carbocycles. The van der Waals surface area contributed by atoms with E-state index in [0.29, 0.717) is 17.8 Å². The van der Waals surface area contributed by atoms with Crippen molar-refractivity contribution in [1.82, 2.24) is 19.6 Å². The zero-order valence-corrected chi connectivity index (χ0v) is 11.2. The van der Waals surface area contributed by atoms with Gasteiger partial charge < -0.3 is 10.4 Å². The molecule has 8 heteroatoms. The van der Waals surface area contributed by atoms with Gasteiger partial charge in [-0.05, 0) is 13.8 Å². The van der Waals surface area contributed by atoms with Crippen molar-refractivity contribution >= 4 is 17.6 Å². The first-order valence-corrected chi connectivity index (χ1v) is 6.09. The van der Waals surface area contributed by atoms with Crippen molar-refractivity contribution in [1.29, 1.82) is 0 Å². The molecule has 2 N–H and O–H groups in total. The molecule has 0 saturated carbocycles. The highest BCUT2D eigenvalue weighted by atomic mass is 16.4. The average molecular weight is 277 g/mol. The smallest absolute Gasteiger partial charge is 0.325 e. The zero-order chi connectivity index (χ0) is 14.7. The summed E-state index contributed by atoms with van der Waals surface area (Å²) in [5.74, 6) is -1.36. The van der Waals surface area contributed by atoms with E-state index in [9.17, 15) is 9.59 Å². The van der Waals surface area contributed by atoms with Crippen molar-refractivity contribution in [2.45, 2.75) is 26.9 Å². The number of hydrogen-bond donors (Lipinski definition) is 2. The van der Waals surface area contributed by atoms with Crippen LogP contribution >= 0.6 is 0 Å². The summed E-state index contributed by atoms with van der Waals surface area (Å²) in [7, 11) is 0. The molecule has 0 saturated heterocycles. The van der Waals surface area contributed by atoms with E-state index in [0.717, 1.165) is 5.69 Å². The van der Waals surface area contributed by atoms with Crippen LogP contribution < -0.4 is 5.32 Å². The summed E-state index contributed by atoms with van der Waals surface area (Å²) in [4.78, 5) is 22.6. The zero-order valence-electron chi connectivity index (χ0n) is 11.2. The predicted octanol–water partition coefficient (Wildman–Crippen LogP) is 0.745. The molecule has 0 atom stereocenters.